The Labute approximate surface area is 155 Å². The van der Waals surface area contributed by atoms with Crippen LogP contribution in [0.25, 0.3) is 0 Å². The van der Waals surface area contributed by atoms with Gasteiger partial charge in [0.25, 0.3) is 0 Å². The minimum absolute atomic E-state index is 0.0609. The number of amides is 1. The molecule has 5 nitrogen and oxygen atoms in total. The molecule has 1 aromatic heterocycles. The number of nitrogens with one attached hydrogen (secondary N) is 1. The van der Waals surface area contributed by atoms with Crippen molar-refractivity contribution in [3.05, 3.63) is 77.5 Å². The fraction of sp³-hybridized carbons (Fsp3) is 0.200. The Hall–Kier alpha value is -3.22. The predicted octanol–water partition coefficient (Wildman–Crippen LogP) is 4.02. The van der Waals surface area contributed by atoms with Crippen LogP contribution in [0.5, 0.6) is 5.75 Å². The van der Waals surface area contributed by atoms with Gasteiger partial charge in [0.15, 0.2) is 0 Å². The molecule has 1 heterocycles. The quantitative estimate of drug-likeness (QED) is 0.682. The average Bonchev–Trinajstić information content (AvgIpc) is 2.96. The largest absolute Gasteiger partial charge is 0.435 e. The van der Waals surface area contributed by atoms with E-state index in [1.54, 1.807) is 22.9 Å². The normalized spacial score (nSPS) is 10.8. The zero-order chi connectivity index (χ0) is 19.2. The summed E-state index contributed by atoms with van der Waals surface area (Å²) in [5.41, 5.74) is 2.57. The summed E-state index contributed by atoms with van der Waals surface area (Å²) < 4.78 is 30.4. The molecule has 140 valence electrons. The molecular weight excluding hydrogens is 352 g/mol. The van der Waals surface area contributed by atoms with Crippen molar-refractivity contribution in [1.29, 1.82) is 0 Å². The van der Waals surface area contributed by atoms with E-state index in [1.807, 2.05) is 37.3 Å². The van der Waals surface area contributed by atoms with Gasteiger partial charge >= 0.3 is 6.61 Å². The van der Waals surface area contributed by atoms with Crippen LogP contribution in [0, 0.1) is 6.92 Å². The molecule has 3 rings (SSSR count). The van der Waals surface area contributed by atoms with Gasteiger partial charge < -0.3 is 10.1 Å². The number of nitrogens with zero attached hydrogens (tertiary/aromatic N) is 2. The van der Waals surface area contributed by atoms with E-state index in [-0.39, 0.29) is 18.1 Å². The Balaban J connectivity index is 1.64. The van der Waals surface area contributed by atoms with Crippen LogP contribution in [0.15, 0.2) is 60.7 Å². The van der Waals surface area contributed by atoms with Gasteiger partial charge in [-0.25, -0.2) is 4.68 Å². The summed E-state index contributed by atoms with van der Waals surface area (Å²) in [6.45, 7) is -0.463. The second kappa shape index (κ2) is 8.44. The molecule has 0 fully saturated rings. The number of anilines is 1. The minimum atomic E-state index is -2.87. The van der Waals surface area contributed by atoms with Crippen LogP contribution in [0.2, 0.25) is 0 Å². The van der Waals surface area contributed by atoms with Gasteiger partial charge in [0.1, 0.15) is 11.6 Å². The van der Waals surface area contributed by atoms with Gasteiger partial charge in [0.2, 0.25) is 5.91 Å². The fourth-order valence-corrected chi connectivity index (χ4v) is 2.68. The summed E-state index contributed by atoms with van der Waals surface area (Å²) in [6, 6.07) is 17.6. The van der Waals surface area contributed by atoms with E-state index in [4.69, 9.17) is 0 Å². The van der Waals surface area contributed by atoms with Gasteiger partial charge in [0.05, 0.1) is 18.7 Å². The number of aromatic nitrogens is 2. The highest BCUT2D eigenvalue weighted by atomic mass is 19.3. The topological polar surface area (TPSA) is 56.1 Å². The number of halogens is 2. The van der Waals surface area contributed by atoms with Gasteiger partial charge in [-0.05, 0) is 30.2 Å². The lowest BCUT2D eigenvalue weighted by Crippen LogP contribution is -2.18. The van der Waals surface area contributed by atoms with Crippen molar-refractivity contribution < 1.29 is 18.3 Å². The van der Waals surface area contributed by atoms with Crippen LogP contribution in [0.1, 0.15) is 16.8 Å². The zero-order valence-corrected chi connectivity index (χ0v) is 14.7. The van der Waals surface area contributed by atoms with E-state index in [0.717, 1.165) is 11.3 Å². The van der Waals surface area contributed by atoms with E-state index < -0.39 is 6.61 Å². The van der Waals surface area contributed by atoms with Gasteiger partial charge in [-0.2, -0.15) is 13.9 Å². The molecule has 0 atom stereocenters. The highest BCUT2D eigenvalue weighted by molar-refractivity contribution is 5.91. The molecule has 0 saturated carbocycles. The van der Waals surface area contributed by atoms with Gasteiger partial charge in [0, 0.05) is 6.07 Å². The highest BCUT2D eigenvalue weighted by Crippen LogP contribution is 2.17. The third-order valence-corrected chi connectivity index (χ3v) is 3.86. The first kappa shape index (κ1) is 18.6. The number of benzene rings is 2. The molecule has 27 heavy (non-hydrogen) atoms. The first-order valence-electron chi connectivity index (χ1n) is 8.41. The second-order valence-electron chi connectivity index (χ2n) is 6.06. The number of ether oxygens (including phenoxy) is 1. The lowest BCUT2D eigenvalue weighted by molar-refractivity contribution is -0.115. The molecular formula is C20H19F2N3O2. The predicted molar refractivity (Wildman–Crippen MR) is 97.9 cm³/mol. The maximum absolute atomic E-state index is 12.4. The van der Waals surface area contributed by atoms with Crippen LogP contribution < -0.4 is 10.1 Å². The average molecular weight is 371 g/mol. The Morgan fingerprint density at radius 1 is 1.11 bits per heavy atom. The molecule has 2 aromatic carbocycles. The minimum Gasteiger partial charge on any atom is -0.435 e. The number of aryl methyl sites for hydroxylation is 1. The van der Waals surface area contributed by atoms with Crippen LogP contribution in [-0.2, 0) is 17.8 Å². The molecule has 0 bridgehead atoms. The molecule has 0 aliphatic rings. The van der Waals surface area contributed by atoms with Crippen molar-refractivity contribution in [2.75, 3.05) is 5.32 Å². The second-order valence-corrected chi connectivity index (χ2v) is 6.06. The van der Waals surface area contributed by atoms with E-state index >= 15 is 0 Å². The third-order valence-electron chi connectivity index (χ3n) is 3.86. The highest BCUT2D eigenvalue weighted by Gasteiger charge is 2.11. The van der Waals surface area contributed by atoms with Crippen molar-refractivity contribution >= 4 is 11.7 Å². The van der Waals surface area contributed by atoms with E-state index in [2.05, 4.69) is 15.2 Å². The van der Waals surface area contributed by atoms with Crippen LogP contribution >= 0.6 is 0 Å². The van der Waals surface area contributed by atoms with Crippen molar-refractivity contribution in [3.8, 4) is 5.75 Å². The zero-order valence-electron chi connectivity index (χ0n) is 14.7. The van der Waals surface area contributed by atoms with Crippen molar-refractivity contribution in [3.63, 3.8) is 0 Å². The Morgan fingerprint density at radius 2 is 1.81 bits per heavy atom. The molecule has 1 amide bonds. The molecule has 0 radical (unpaired) electrons. The van der Waals surface area contributed by atoms with Gasteiger partial charge in [-0.1, -0.05) is 42.5 Å². The number of hydrogen-bond donors (Lipinski definition) is 1. The standard InChI is InChI=1S/C20H19F2N3O2/c1-14-11-18(25(24-14)13-16-5-3-2-4-6-16)23-19(26)12-15-7-9-17(10-8-15)27-20(21)22/h2-11,20H,12-13H2,1H3,(H,23,26). The molecule has 0 saturated heterocycles. The lowest BCUT2D eigenvalue weighted by Gasteiger charge is -2.10. The molecule has 0 spiro atoms. The van der Waals surface area contributed by atoms with Crippen molar-refractivity contribution in [2.24, 2.45) is 0 Å². The maximum atomic E-state index is 12.4. The monoisotopic (exact) mass is 371 g/mol. The summed E-state index contributed by atoms with van der Waals surface area (Å²) in [6.07, 6.45) is 0.116. The molecule has 0 aliphatic heterocycles. The van der Waals surface area contributed by atoms with Crippen LogP contribution in [0.4, 0.5) is 14.6 Å². The van der Waals surface area contributed by atoms with Crippen molar-refractivity contribution in [2.45, 2.75) is 26.5 Å². The van der Waals surface area contributed by atoms with E-state index in [9.17, 15) is 13.6 Å². The molecule has 1 N–H and O–H groups in total. The number of rotatable bonds is 7. The van der Waals surface area contributed by atoms with Crippen molar-refractivity contribution in [1.82, 2.24) is 9.78 Å². The SMILES string of the molecule is Cc1cc(NC(=O)Cc2ccc(OC(F)F)cc2)n(Cc2ccccc2)n1. The van der Waals surface area contributed by atoms with Gasteiger partial charge in [-0.15, -0.1) is 0 Å². The summed E-state index contributed by atoms with van der Waals surface area (Å²) in [4.78, 5) is 12.4. The van der Waals surface area contributed by atoms with Crippen LogP contribution in [-0.4, -0.2) is 22.3 Å². The lowest BCUT2D eigenvalue weighted by atomic mass is 10.1. The Morgan fingerprint density at radius 3 is 2.48 bits per heavy atom. The third kappa shape index (κ3) is 5.37. The number of alkyl halides is 2. The first-order chi connectivity index (χ1) is 13.0. The number of carbonyl (C=O) groups excluding carboxylic acids is 1. The number of hydrogen-bond acceptors (Lipinski definition) is 3. The number of carbonyl (C=O) groups is 1. The maximum Gasteiger partial charge on any atom is 0.387 e. The van der Waals surface area contributed by atoms with E-state index in [1.165, 1.54) is 12.1 Å². The molecule has 7 heteroatoms. The van der Waals surface area contributed by atoms with Crippen LogP contribution in [0.3, 0.4) is 0 Å². The molecule has 3 aromatic rings. The summed E-state index contributed by atoms with van der Waals surface area (Å²) in [7, 11) is 0. The first-order valence-corrected chi connectivity index (χ1v) is 8.41. The Bertz CT molecular complexity index is 893. The smallest absolute Gasteiger partial charge is 0.387 e. The summed E-state index contributed by atoms with van der Waals surface area (Å²) in [5.74, 6) is 0.455. The Kier molecular flexibility index (Phi) is 5.80. The summed E-state index contributed by atoms with van der Waals surface area (Å²) in [5, 5.41) is 7.28. The summed E-state index contributed by atoms with van der Waals surface area (Å²) >= 11 is 0. The van der Waals surface area contributed by atoms with E-state index in [0.29, 0.717) is 17.9 Å². The molecule has 0 aliphatic carbocycles. The fourth-order valence-electron chi connectivity index (χ4n) is 2.68. The molecule has 0 unspecified atom stereocenters. The van der Waals surface area contributed by atoms with Gasteiger partial charge in [-0.3, -0.25) is 4.79 Å².